The van der Waals surface area contributed by atoms with Gasteiger partial charge in [-0.05, 0) is 42.0 Å². The van der Waals surface area contributed by atoms with Gasteiger partial charge in [0.1, 0.15) is 27.9 Å². The van der Waals surface area contributed by atoms with Crippen LogP contribution in [0.2, 0.25) is 0 Å². The van der Waals surface area contributed by atoms with Gasteiger partial charge in [0.05, 0.1) is 5.52 Å². The van der Waals surface area contributed by atoms with E-state index in [4.69, 9.17) is 5.73 Å². The maximum absolute atomic E-state index is 14.7. The molecule has 2 aromatic heterocycles. The Balaban J connectivity index is 1.16. The first kappa shape index (κ1) is 24.0. The minimum Gasteiger partial charge on any atom is -0.357 e. The Hall–Kier alpha value is -4.03. The second-order valence-electron chi connectivity index (χ2n) is 10.2. The molecule has 4 heterocycles. The number of likely N-dealkylation sites (tertiary alicyclic amines) is 1. The summed E-state index contributed by atoms with van der Waals surface area (Å²) in [4.78, 5) is 5.87. The number of nitrogens with one attached hydrogen (secondary N) is 3. The van der Waals surface area contributed by atoms with E-state index in [1.165, 1.54) is 24.4 Å². The Morgan fingerprint density at radius 2 is 1.97 bits per heavy atom. The fourth-order valence-corrected chi connectivity index (χ4v) is 7.26. The van der Waals surface area contributed by atoms with E-state index in [1.807, 2.05) is 18.3 Å². The van der Waals surface area contributed by atoms with Crippen molar-refractivity contribution in [1.82, 2.24) is 20.1 Å². The summed E-state index contributed by atoms with van der Waals surface area (Å²) in [6, 6.07) is 13.0. The molecular weight excluding hydrogens is 524 g/mol. The number of aromatic amines is 1. The highest BCUT2D eigenvalue weighted by Crippen LogP contribution is 2.63. The van der Waals surface area contributed by atoms with E-state index in [2.05, 4.69) is 30.7 Å². The van der Waals surface area contributed by atoms with Crippen molar-refractivity contribution >= 4 is 32.6 Å². The largest absolute Gasteiger partial charge is 0.357 e. The van der Waals surface area contributed by atoms with Crippen LogP contribution in [-0.2, 0) is 15.6 Å². The van der Waals surface area contributed by atoms with Crippen LogP contribution in [-0.4, -0.2) is 48.1 Å². The molecule has 7 rings (SSSR count). The maximum atomic E-state index is 14.7. The highest BCUT2D eigenvalue weighted by molar-refractivity contribution is 7.86. The summed E-state index contributed by atoms with van der Waals surface area (Å²) in [5, 5.41) is 14.7. The Bertz CT molecular complexity index is 1770. The number of rotatable bonds is 5. The number of hydrogen-bond donors (Lipinski definition) is 4. The summed E-state index contributed by atoms with van der Waals surface area (Å²) in [7, 11) is -4.95. The zero-order valence-corrected chi connectivity index (χ0v) is 21.5. The van der Waals surface area contributed by atoms with Gasteiger partial charge < -0.3 is 21.3 Å². The van der Waals surface area contributed by atoms with Gasteiger partial charge in [-0.1, -0.05) is 30.3 Å². The maximum Gasteiger partial charge on any atom is 0.334 e. The lowest BCUT2D eigenvalue weighted by atomic mass is 9.91. The Morgan fingerprint density at radius 1 is 1.13 bits per heavy atom. The van der Waals surface area contributed by atoms with E-state index in [0.29, 0.717) is 46.2 Å². The zero-order chi connectivity index (χ0) is 26.9. The SMILES string of the molecule is NC[C@]1(c2ccccc2F)[C@@H]2CCN(C3=CNc4c(-c5ccc(S(=O)(=O)F)c6ncccc56)n[nH]c4N3)C[C@@H]21. The van der Waals surface area contributed by atoms with Gasteiger partial charge in [0, 0.05) is 48.4 Å². The molecule has 5 N–H and O–H groups in total. The standard InChI is InChI=1S/C27H25F2N7O2S/c28-20-6-2-1-5-18(20)27(14-30)17-9-11-36(13-19(17)27)22-12-32-25-24(34-35-26(25)33-22)16-7-8-21(39(29,37)38)23-15(16)4-3-10-31-23/h1-8,10,12,17,19,32H,9,11,13-14,30H2,(H2,33,34,35)/t17-,19+,27-/m1/s1. The minimum absolute atomic E-state index is 0.0415. The Labute approximate surface area is 223 Å². The number of anilines is 2. The normalized spacial score (nSPS) is 23.9. The third kappa shape index (κ3) is 3.54. The first-order valence-electron chi connectivity index (χ1n) is 12.7. The highest BCUT2D eigenvalue weighted by Gasteiger charge is 2.66. The number of nitrogens with zero attached hydrogens (tertiary/aromatic N) is 3. The van der Waals surface area contributed by atoms with Crippen molar-refractivity contribution in [3.63, 3.8) is 0 Å². The molecular formula is C27H25F2N7O2S. The van der Waals surface area contributed by atoms with Gasteiger partial charge in [-0.3, -0.25) is 10.1 Å². The predicted octanol–water partition coefficient (Wildman–Crippen LogP) is 3.91. The molecule has 0 spiro atoms. The van der Waals surface area contributed by atoms with Gasteiger partial charge in [0.25, 0.3) is 0 Å². The van der Waals surface area contributed by atoms with Crippen molar-refractivity contribution in [3.05, 3.63) is 78.1 Å². The predicted molar refractivity (Wildman–Crippen MR) is 143 cm³/mol. The fourth-order valence-electron chi connectivity index (χ4n) is 6.64. The summed E-state index contributed by atoms with van der Waals surface area (Å²) >= 11 is 0. The van der Waals surface area contributed by atoms with E-state index in [9.17, 15) is 16.7 Å². The van der Waals surface area contributed by atoms with Crippen LogP contribution in [0.1, 0.15) is 12.0 Å². The molecule has 2 fully saturated rings. The molecule has 1 saturated carbocycles. The van der Waals surface area contributed by atoms with E-state index in [1.54, 1.807) is 18.2 Å². The van der Waals surface area contributed by atoms with Gasteiger partial charge in [0.2, 0.25) is 0 Å². The van der Waals surface area contributed by atoms with Crippen LogP contribution in [0.15, 0.2) is 71.6 Å². The lowest BCUT2D eigenvalue weighted by molar-refractivity contribution is 0.275. The number of piperidine rings is 1. The molecule has 39 heavy (non-hydrogen) atoms. The van der Waals surface area contributed by atoms with Crippen molar-refractivity contribution in [2.75, 3.05) is 30.3 Å². The van der Waals surface area contributed by atoms with E-state index >= 15 is 0 Å². The van der Waals surface area contributed by atoms with Crippen molar-refractivity contribution in [1.29, 1.82) is 0 Å². The number of aromatic nitrogens is 3. The molecule has 200 valence electrons. The highest BCUT2D eigenvalue weighted by atomic mass is 32.3. The molecule has 12 heteroatoms. The number of H-pyrrole nitrogens is 1. The summed E-state index contributed by atoms with van der Waals surface area (Å²) in [6.45, 7) is 1.94. The van der Waals surface area contributed by atoms with Crippen molar-refractivity contribution in [2.45, 2.75) is 16.7 Å². The number of benzene rings is 2. The third-order valence-corrected chi connectivity index (χ3v) is 9.36. The van der Waals surface area contributed by atoms with Crippen LogP contribution in [0.25, 0.3) is 22.2 Å². The fraction of sp³-hybridized carbons (Fsp3) is 0.259. The lowest BCUT2D eigenvalue weighted by Gasteiger charge is -2.32. The van der Waals surface area contributed by atoms with Crippen LogP contribution in [0.5, 0.6) is 0 Å². The Kier molecular flexibility index (Phi) is 5.23. The summed E-state index contributed by atoms with van der Waals surface area (Å²) in [5.41, 5.74) is 8.47. The number of nitrogens with two attached hydrogens (primary N) is 1. The summed E-state index contributed by atoms with van der Waals surface area (Å²) in [5.74, 6) is 1.89. The number of hydrogen-bond acceptors (Lipinski definition) is 8. The summed E-state index contributed by atoms with van der Waals surface area (Å²) < 4.78 is 51.9. The molecule has 3 atom stereocenters. The van der Waals surface area contributed by atoms with Gasteiger partial charge in [-0.2, -0.15) is 13.5 Å². The van der Waals surface area contributed by atoms with Crippen LogP contribution in [0, 0.1) is 17.7 Å². The number of fused-ring (bicyclic) bond motifs is 3. The first-order valence-corrected chi connectivity index (χ1v) is 14.1. The molecule has 0 amide bonds. The molecule has 4 aromatic rings. The number of halogens is 2. The van der Waals surface area contributed by atoms with Gasteiger partial charge in [-0.15, -0.1) is 3.89 Å². The van der Waals surface area contributed by atoms with Gasteiger partial charge in [0.15, 0.2) is 5.82 Å². The quantitative estimate of drug-likeness (QED) is 0.276. The molecule has 0 unspecified atom stereocenters. The zero-order valence-electron chi connectivity index (χ0n) is 20.7. The van der Waals surface area contributed by atoms with Crippen LogP contribution in [0.3, 0.4) is 0 Å². The molecule has 1 aliphatic carbocycles. The van der Waals surface area contributed by atoms with Gasteiger partial charge in [-0.25, -0.2) is 4.39 Å². The second kappa shape index (κ2) is 8.48. The molecule has 0 radical (unpaired) electrons. The average molecular weight is 550 g/mol. The van der Waals surface area contributed by atoms with Gasteiger partial charge >= 0.3 is 10.2 Å². The number of pyridine rings is 1. The van der Waals surface area contributed by atoms with Crippen LogP contribution < -0.4 is 16.4 Å². The monoisotopic (exact) mass is 549 g/mol. The Morgan fingerprint density at radius 3 is 2.77 bits per heavy atom. The first-order chi connectivity index (χ1) is 18.8. The summed E-state index contributed by atoms with van der Waals surface area (Å²) in [6.07, 6.45) is 4.18. The average Bonchev–Trinajstić information content (AvgIpc) is 3.40. The molecule has 3 aliphatic rings. The topological polar surface area (TPSA) is 129 Å². The van der Waals surface area contributed by atoms with E-state index in [0.717, 1.165) is 25.3 Å². The molecule has 2 aromatic carbocycles. The smallest absolute Gasteiger partial charge is 0.334 e. The third-order valence-electron chi connectivity index (χ3n) is 8.50. The lowest BCUT2D eigenvalue weighted by Crippen LogP contribution is -2.35. The van der Waals surface area contributed by atoms with E-state index < -0.39 is 15.1 Å². The molecule has 1 saturated heterocycles. The minimum atomic E-state index is -4.95. The van der Waals surface area contributed by atoms with Crippen molar-refractivity contribution < 1.29 is 16.7 Å². The van der Waals surface area contributed by atoms with Crippen molar-refractivity contribution in [3.8, 4) is 11.3 Å². The molecule has 0 bridgehead atoms. The molecule has 9 nitrogen and oxygen atoms in total. The molecule has 2 aliphatic heterocycles. The van der Waals surface area contributed by atoms with Crippen molar-refractivity contribution in [2.24, 2.45) is 17.6 Å². The van der Waals surface area contributed by atoms with Crippen LogP contribution >= 0.6 is 0 Å². The second-order valence-corrected chi connectivity index (χ2v) is 11.6. The van der Waals surface area contributed by atoms with E-state index in [-0.39, 0.29) is 22.7 Å². The van der Waals surface area contributed by atoms with Crippen LogP contribution in [0.4, 0.5) is 19.8 Å².